The molecule has 134 valence electrons. The SMILES string of the molecule is O=C1NC=C(c2ccc3ccn(Cc4ccc(F)cc4)c3c2)C2C=CNC12. The van der Waals surface area contributed by atoms with Crippen molar-refractivity contribution in [1.82, 2.24) is 15.2 Å². The molecule has 0 fully saturated rings. The maximum absolute atomic E-state index is 13.2. The first kappa shape index (κ1) is 15.9. The van der Waals surface area contributed by atoms with Gasteiger partial charge in [0.15, 0.2) is 0 Å². The Kier molecular flexibility index (Phi) is 3.60. The summed E-state index contributed by atoms with van der Waals surface area (Å²) in [4.78, 5) is 12.0. The van der Waals surface area contributed by atoms with E-state index in [-0.39, 0.29) is 23.7 Å². The number of benzene rings is 2. The summed E-state index contributed by atoms with van der Waals surface area (Å²) in [6.45, 7) is 0.677. The summed E-state index contributed by atoms with van der Waals surface area (Å²) < 4.78 is 15.3. The molecule has 4 nitrogen and oxygen atoms in total. The van der Waals surface area contributed by atoms with Crippen molar-refractivity contribution >= 4 is 22.4 Å². The zero-order chi connectivity index (χ0) is 18.4. The molecule has 0 aliphatic carbocycles. The van der Waals surface area contributed by atoms with Gasteiger partial charge >= 0.3 is 0 Å². The number of hydrogen-bond donors (Lipinski definition) is 2. The van der Waals surface area contributed by atoms with Gasteiger partial charge in [-0.25, -0.2) is 4.39 Å². The van der Waals surface area contributed by atoms with Gasteiger partial charge in [-0.15, -0.1) is 0 Å². The summed E-state index contributed by atoms with van der Waals surface area (Å²) in [7, 11) is 0. The molecule has 2 aliphatic heterocycles. The Balaban J connectivity index is 1.52. The molecule has 1 aromatic heterocycles. The maximum atomic E-state index is 13.2. The van der Waals surface area contributed by atoms with Crippen LogP contribution in [0.2, 0.25) is 0 Å². The van der Waals surface area contributed by atoms with E-state index in [1.54, 1.807) is 0 Å². The van der Waals surface area contributed by atoms with E-state index < -0.39 is 0 Å². The van der Waals surface area contributed by atoms with Crippen molar-refractivity contribution in [2.24, 2.45) is 5.92 Å². The molecule has 5 heteroatoms. The first-order valence-electron chi connectivity index (χ1n) is 8.96. The van der Waals surface area contributed by atoms with Gasteiger partial charge in [-0.2, -0.15) is 0 Å². The lowest BCUT2D eigenvalue weighted by molar-refractivity contribution is -0.122. The fourth-order valence-electron chi connectivity index (χ4n) is 3.90. The van der Waals surface area contributed by atoms with Gasteiger partial charge in [0, 0.05) is 30.4 Å². The van der Waals surface area contributed by atoms with Crippen LogP contribution in [0.3, 0.4) is 0 Å². The average Bonchev–Trinajstić information content (AvgIpc) is 3.32. The Labute approximate surface area is 156 Å². The van der Waals surface area contributed by atoms with Gasteiger partial charge in [0.2, 0.25) is 5.91 Å². The summed E-state index contributed by atoms with van der Waals surface area (Å²) in [5.74, 6) is -0.191. The number of amides is 1. The zero-order valence-electron chi connectivity index (χ0n) is 14.5. The molecule has 0 radical (unpaired) electrons. The minimum atomic E-state index is -0.244. The number of fused-ring (bicyclic) bond motifs is 2. The Hall–Kier alpha value is -3.34. The Morgan fingerprint density at radius 3 is 2.78 bits per heavy atom. The van der Waals surface area contributed by atoms with Crippen LogP contribution in [0.15, 0.2) is 73.2 Å². The molecule has 2 unspecified atom stereocenters. The van der Waals surface area contributed by atoms with Crippen molar-refractivity contribution in [3.05, 3.63) is 90.1 Å². The van der Waals surface area contributed by atoms with Crippen LogP contribution >= 0.6 is 0 Å². The highest BCUT2D eigenvalue weighted by Gasteiger charge is 2.35. The Morgan fingerprint density at radius 1 is 1.07 bits per heavy atom. The molecule has 3 aromatic rings. The van der Waals surface area contributed by atoms with Crippen LogP contribution in [0.5, 0.6) is 0 Å². The second kappa shape index (κ2) is 6.13. The molecule has 27 heavy (non-hydrogen) atoms. The predicted octanol–water partition coefficient (Wildman–Crippen LogP) is 3.40. The normalized spacial score (nSPS) is 20.9. The van der Waals surface area contributed by atoms with Crippen molar-refractivity contribution in [2.45, 2.75) is 12.6 Å². The standard InChI is InChI=1S/C22H18FN3O/c23-17-5-1-14(2-6-17)13-26-10-8-15-3-4-16(11-20(15)26)19-12-25-22(27)21-18(19)7-9-24-21/h1-12,18,21,24H,13H2,(H,25,27). The number of nitrogens with one attached hydrogen (secondary N) is 2. The lowest BCUT2D eigenvalue weighted by Crippen LogP contribution is -2.45. The summed E-state index contributed by atoms with van der Waals surface area (Å²) in [6, 6.07) is 14.8. The number of hydrogen-bond acceptors (Lipinski definition) is 2. The molecule has 0 saturated heterocycles. The summed E-state index contributed by atoms with van der Waals surface area (Å²) in [5.41, 5.74) is 4.34. The predicted molar refractivity (Wildman–Crippen MR) is 103 cm³/mol. The number of carbonyl (C=O) groups excluding carboxylic acids is 1. The van der Waals surface area contributed by atoms with Gasteiger partial charge in [-0.3, -0.25) is 4.79 Å². The van der Waals surface area contributed by atoms with Crippen LogP contribution in [0.25, 0.3) is 16.5 Å². The van der Waals surface area contributed by atoms with Gasteiger partial charge in [-0.1, -0.05) is 30.3 Å². The second-order valence-electron chi connectivity index (χ2n) is 6.98. The van der Waals surface area contributed by atoms with E-state index >= 15 is 0 Å². The molecule has 2 aromatic carbocycles. The summed E-state index contributed by atoms with van der Waals surface area (Å²) >= 11 is 0. The second-order valence-corrected chi connectivity index (χ2v) is 6.98. The van der Waals surface area contributed by atoms with Gasteiger partial charge in [-0.05, 0) is 52.6 Å². The number of nitrogens with zero attached hydrogens (tertiary/aromatic N) is 1. The minimum absolute atomic E-state index is 0.00508. The van der Waals surface area contributed by atoms with Crippen LogP contribution in [0.4, 0.5) is 4.39 Å². The van der Waals surface area contributed by atoms with Crippen LogP contribution in [-0.4, -0.2) is 16.5 Å². The van der Waals surface area contributed by atoms with E-state index in [2.05, 4.69) is 45.7 Å². The molecular weight excluding hydrogens is 341 g/mol. The van der Waals surface area contributed by atoms with E-state index in [9.17, 15) is 9.18 Å². The van der Waals surface area contributed by atoms with Gasteiger partial charge in [0.1, 0.15) is 11.9 Å². The number of aromatic nitrogens is 1. The molecule has 0 saturated carbocycles. The van der Waals surface area contributed by atoms with Crippen molar-refractivity contribution in [3.63, 3.8) is 0 Å². The van der Waals surface area contributed by atoms with E-state index in [1.807, 2.05) is 30.6 Å². The number of rotatable bonds is 3. The molecule has 5 rings (SSSR count). The van der Waals surface area contributed by atoms with Gasteiger partial charge in [0.05, 0.1) is 0 Å². The van der Waals surface area contributed by atoms with E-state index in [4.69, 9.17) is 0 Å². The lowest BCUT2D eigenvalue weighted by Gasteiger charge is -2.26. The third-order valence-electron chi connectivity index (χ3n) is 5.32. The largest absolute Gasteiger partial charge is 0.379 e. The van der Waals surface area contributed by atoms with Crippen molar-refractivity contribution in [3.8, 4) is 0 Å². The first-order chi connectivity index (χ1) is 13.2. The lowest BCUT2D eigenvalue weighted by atomic mass is 9.86. The molecule has 0 spiro atoms. The van der Waals surface area contributed by atoms with Gasteiger partial charge < -0.3 is 15.2 Å². The molecule has 2 N–H and O–H groups in total. The molecule has 2 atom stereocenters. The smallest absolute Gasteiger partial charge is 0.247 e. The van der Waals surface area contributed by atoms with Crippen molar-refractivity contribution in [1.29, 1.82) is 0 Å². The molecule has 1 amide bonds. The monoisotopic (exact) mass is 359 g/mol. The van der Waals surface area contributed by atoms with Gasteiger partial charge in [0.25, 0.3) is 0 Å². The maximum Gasteiger partial charge on any atom is 0.247 e. The number of carbonyl (C=O) groups is 1. The minimum Gasteiger partial charge on any atom is -0.379 e. The Morgan fingerprint density at radius 2 is 1.93 bits per heavy atom. The van der Waals surface area contributed by atoms with Crippen molar-refractivity contribution in [2.75, 3.05) is 0 Å². The van der Waals surface area contributed by atoms with E-state index in [0.29, 0.717) is 6.54 Å². The molecule has 3 heterocycles. The average molecular weight is 359 g/mol. The topological polar surface area (TPSA) is 46.1 Å². The fourth-order valence-corrected chi connectivity index (χ4v) is 3.90. The summed E-state index contributed by atoms with van der Waals surface area (Å²) in [6.07, 6.45) is 7.75. The highest BCUT2D eigenvalue weighted by atomic mass is 19.1. The quantitative estimate of drug-likeness (QED) is 0.753. The fraction of sp³-hybridized carbons (Fsp3) is 0.136. The van der Waals surface area contributed by atoms with Crippen molar-refractivity contribution < 1.29 is 9.18 Å². The molecular formula is C22H18FN3O. The first-order valence-corrected chi connectivity index (χ1v) is 8.96. The molecule has 0 bridgehead atoms. The van der Waals surface area contributed by atoms with E-state index in [1.165, 1.54) is 12.1 Å². The third-order valence-corrected chi connectivity index (χ3v) is 5.32. The highest BCUT2D eigenvalue weighted by molar-refractivity contribution is 5.93. The van der Waals surface area contributed by atoms with Crippen LogP contribution in [0.1, 0.15) is 11.1 Å². The number of halogens is 1. The third kappa shape index (κ3) is 2.72. The van der Waals surface area contributed by atoms with E-state index in [0.717, 1.165) is 27.6 Å². The molecule has 2 aliphatic rings. The summed E-state index contributed by atoms with van der Waals surface area (Å²) in [5, 5.41) is 7.13. The zero-order valence-corrected chi connectivity index (χ0v) is 14.5. The Bertz CT molecular complexity index is 1090. The van der Waals surface area contributed by atoms with Crippen LogP contribution in [-0.2, 0) is 11.3 Å². The van der Waals surface area contributed by atoms with Crippen LogP contribution < -0.4 is 10.6 Å². The van der Waals surface area contributed by atoms with Crippen LogP contribution in [0, 0.1) is 11.7 Å². The highest BCUT2D eigenvalue weighted by Crippen LogP contribution is 2.33.